The molecule has 4 heteroatoms. The van der Waals surface area contributed by atoms with Gasteiger partial charge in [0.15, 0.2) is 0 Å². The second kappa shape index (κ2) is 6.98. The maximum absolute atomic E-state index is 4.73. The molecular weight excluding hydrogens is 308 g/mol. The van der Waals surface area contributed by atoms with Crippen LogP contribution in [-0.4, -0.2) is 52.5 Å². The van der Waals surface area contributed by atoms with E-state index in [1.54, 1.807) is 0 Å². The zero-order valence-corrected chi connectivity index (χ0v) is 15.1. The number of aromatic amines is 1. The number of hydrogen-bond acceptors (Lipinski definition) is 3. The lowest BCUT2D eigenvalue weighted by Gasteiger charge is -2.39. The van der Waals surface area contributed by atoms with E-state index < -0.39 is 0 Å². The second-order valence-electron chi connectivity index (χ2n) is 6.84. The molecule has 1 fully saturated rings. The van der Waals surface area contributed by atoms with Crippen LogP contribution in [0.15, 0.2) is 48.7 Å². The maximum Gasteiger partial charge on any atom is 0.0800 e. The SMILES string of the molecule is CCN1CCN([C@H](c2ccccn2)c2c(C)[nH]c3ccccc23)CC1. The summed E-state index contributed by atoms with van der Waals surface area (Å²) in [6, 6.07) is 15.1. The number of hydrogen-bond donors (Lipinski definition) is 1. The second-order valence-corrected chi connectivity index (χ2v) is 6.84. The fourth-order valence-corrected chi connectivity index (χ4v) is 4.04. The number of aryl methyl sites for hydroxylation is 1. The first-order valence-electron chi connectivity index (χ1n) is 9.22. The molecule has 0 bridgehead atoms. The van der Waals surface area contributed by atoms with Crippen molar-refractivity contribution < 1.29 is 0 Å². The molecule has 4 nitrogen and oxygen atoms in total. The largest absolute Gasteiger partial charge is 0.358 e. The topological polar surface area (TPSA) is 35.2 Å². The summed E-state index contributed by atoms with van der Waals surface area (Å²) in [5.41, 5.74) is 4.97. The molecule has 2 aromatic heterocycles. The lowest BCUT2D eigenvalue weighted by molar-refractivity contribution is 0.112. The highest BCUT2D eigenvalue weighted by Crippen LogP contribution is 2.35. The van der Waals surface area contributed by atoms with Crippen molar-refractivity contribution in [3.63, 3.8) is 0 Å². The minimum Gasteiger partial charge on any atom is -0.358 e. The Morgan fingerprint density at radius 1 is 1.04 bits per heavy atom. The fourth-order valence-electron chi connectivity index (χ4n) is 4.04. The van der Waals surface area contributed by atoms with Gasteiger partial charge in [-0.3, -0.25) is 9.88 Å². The molecule has 25 heavy (non-hydrogen) atoms. The van der Waals surface area contributed by atoms with Gasteiger partial charge in [-0.25, -0.2) is 0 Å². The Kier molecular flexibility index (Phi) is 4.55. The van der Waals surface area contributed by atoms with E-state index in [4.69, 9.17) is 4.98 Å². The number of H-pyrrole nitrogens is 1. The van der Waals surface area contributed by atoms with Gasteiger partial charge < -0.3 is 9.88 Å². The molecule has 1 aromatic carbocycles. The first kappa shape index (κ1) is 16.3. The summed E-state index contributed by atoms with van der Waals surface area (Å²) in [4.78, 5) is 13.4. The van der Waals surface area contributed by atoms with Crippen LogP contribution in [0.25, 0.3) is 10.9 Å². The molecule has 0 saturated carbocycles. The van der Waals surface area contributed by atoms with Crippen molar-refractivity contribution in [3.05, 3.63) is 65.6 Å². The van der Waals surface area contributed by atoms with E-state index >= 15 is 0 Å². The van der Waals surface area contributed by atoms with Gasteiger partial charge in [-0.1, -0.05) is 31.2 Å². The number of nitrogens with zero attached hydrogens (tertiary/aromatic N) is 3. The van der Waals surface area contributed by atoms with Gasteiger partial charge in [0.25, 0.3) is 0 Å². The molecule has 1 aliphatic rings. The van der Waals surface area contributed by atoms with E-state index in [2.05, 4.69) is 65.0 Å². The summed E-state index contributed by atoms with van der Waals surface area (Å²) in [6.07, 6.45) is 1.91. The van der Waals surface area contributed by atoms with E-state index in [1.807, 2.05) is 12.3 Å². The summed E-state index contributed by atoms with van der Waals surface area (Å²) in [7, 11) is 0. The first-order chi connectivity index (χ1) is 12.3. The summed E-state index contributed by atoms with van der Waals surface area (Å²) in [6.45, 7) is 9.97. The molecule has 1 aliphatic heterocycles. The van der Waals surface area contributed by atoms with Crippen molar-refractivity contribution in [2.75, 3.05) is 32.7 Å². The molecule has 1 saturated heterocycles. The van der Waals surface area contributed by atoms with Crippen LogP contribution < -0.4 is 0 Å². The summed E-state index contributed by atoms with van der Waals surface area (Å²) < 4.78 is 0. The van der Waals surface area contributed by atoms with Crippen molar-refractivity contribution in [2.45, 2.75) is 19.9 Å². The highest BCUT2D eigenvalue weighted by atomic mass is 15.3. The highest BCUT2D eigenvalue weighted by Gasteiger charge is 2.30. The predicted molar refractivity (Wildman–Crippen MR) is 103 cm³/mol. The molecule has 1 atom stereocenters. The third kappa shape index (κ3) is 3.08. The Morgan fingerprint density at radius 2 is 1.80 bits per heavy atom. The lowest BCUT2D eigenvalue weighted by Crippen LogP contribution is -2.47. The van der Waals surface area contributed by atoms with Gasteiger partial charge in [-0.15, -0.1) is 0 Å². The van der Waals surface area contributed by atoms with Crippen LogP contribution in [0.3, 0.4) is 0 Å². The molecule has 0 amide bonds. The smallest absolute Gasteiger partial charge is 0.0800 e. The molecule has 1 N–H and O–H groups in total. The monoisotopic (exact) mass is 334 g/mol. The van der Waals surface area contributed by atoms with Gasteiger partial charge in [0, 0.05) is 54.5 Å². The van der Waals surface area contributed by atoms with Crippen molar-refractivity contribution >= 4 is 10.9 Å². The molecule has 0 radical (unpaired) electrons. The number of rotatable bonds is 4. The highest BCUT2D eigenvalue weighted by molar-refractivity contribution is 5.85. The lowest BCUT2D eigenvalue weighted by atomic mass is 9.97. The number of benzene rings is 1. The molecular formula is C21H26N4. The number of likely N-dealkylation sites (N-methyl/N-ethyl adjacent to an activating group) is 1. The minimum absolute atomic E-state index is 0.205. The first-order valence-corrected chi connectivity index (χ1v) is 9.22. The van der Waals surface area contributed by atoms with E-state index in [1.165, 1.54) is 22.2 Å². The Morgan fingerprint density at radius 3 is 2.52 bits per heavy atom. The van der Waals surface area contributed by atoms with Crippen molar-refractivity contribution in [2.24, 2.45) is 0 Å². The van der Waals surface area contributed by atoms with E-state index in [-0.39, 0.29) is 6.04 Å². The van der Waals surface area contributed by atoms with Gasteiger partial charge in [-0.2, -0.15) is 0 Å². The molecule has 4 rings (SSSR count). The average molecular weight is 334 g/mol. The molecule has 0 aliphatic carbocycles. The minimum atomic E-state index is 0.205. The summed E-state index contributed by atoms with van der Waals surface area (Å²) in [5, 5.41) is 1.31. The standard InChI is InChI=1S/C21H26N4/c1-3-24-12-14-25(15-13-24)21(19-10-6-7-11-22-19)20-16(2)23-18-9-5-4-8-17(18)20/h4-11,21,23H,3,12-15H2,1-2H3/t21-/m1/s1. The molecule has 130 valence electrons. The van der Waals surface area contributed by atoms with E-state index in [9.17, 15) is 0 Å². The number of nitrogens with one attached hydrogen (secondary N) is 1. The van der Waals surface area contributed by atoms with Crippen LogP contribution in [0.1, 0.15) is 29.9 Å². The number of aromatic nitrogens is 2. The number of fused-ring (bicyclic) bond motifs is 1. The number of para-hydroxylation sites is 1. The third-order valence-corrected chi connectivity index (χ3v) is 5.40. The van der Waals surface area contributed by atoms with Crippen LogP contribution in [0.2, 0.25) is 0 Å². The van der Waals surface area contributed by atoms with Crippen LogP contribution >= 0.6 is 0 Å². The Balaban J connectivity index is 1.79. The van der Waals surface area contributed by atoms with Crippen LogP contribution in [-0.2, 0) is 0 Å². The number of pyridine rings is 1. The molecule has 0 spiro atoms. The Labute approximate surface area is 149 Å². The summed E-state index contributed by atoms with van der Waals surface area (Å²) >= 11 is 0. The normalized spacial score (nSPS) is 17.8. The van der Waals surface area contributed by atoms with Crippen LogP contribution in [0.5, 0.6) is 0 Å². The average Bonchev–Trinajstić information content (AvgIpc) is 3.00. The van der Waals surface area contributed by atoms with Gasteiger partial charge in [-0.05, 0) is 31.7 Å². The summed E-state index contributed by atoms with van der Waals surface area (Å²) in [5.74, 6) is 0. The van der Waals surface area contributed by atoms with Crippen molar-refractivity contribution in [3.8, 4) is 0 Å². The van der Waals surface area contributed by atoms with Crippen molar-refractivity contribution in [1.82, 2.24) is 19.8 Å². The third-order valence-electron chi connectivity index (χ3n) is 5.40. The van der Waals surface area contributed by atoms with Crippen LogP contribution in [0.4, 0.5) is 0 Å². The quantitative estimate of drug-likeness (QED) is 0.792. The fraction of sp³-hybridized carbons (Fsp3) is 0.381. The zero-order chi connectivity index (χ0) is 17.2. The van der Waals surface area contributed by atoms with Crippen LogP contribution in [0, 0.1) is 6.92 Å². The Bertz CT molecular complexity index is 831. The maximum atomic E-state index is 4.73. The van der Waals surface area contributed by atoms with Gasteiger partial charge in [0.1, 0.15) is 0 Å². The van der Waals surface area contributed by atoms with E-state index in [0.29, 0.717) is 0 Å². The number of piperazine rings is 1. The molecule has 3 aromatic rings. The van der Waals surface area contributed by atoms with Gasteiger partial charge >= 0.3 is 0 Å². The van der Waals surface area contributed by atoms with Crippen molar-refractivity contribution in [1.29, 1.82) is 0 Å². The molecule has 0 unspecified atom stereocenters. The van der Waals surface area contributed by atoms with E-state index in [0.717, 1.165) is 38.4 Å². The van der Waals surface area contributed by atoms with Gasteiger partial charge in [0.2, 0.25) is 0 Å². The Hall–Kier alpha value is -2.17. The predicted octanol–water partition coefficient (Wildman–Crippen LogP) is 3.60. The zero-order valence-electron chi connectivity index (χ0n) is 15.1. The van der Waals surface area contributed by atoms with Gasteiger partial charge in [0.05, 0.1) is 11.7 Å². The molecule has 3 heterocycles.